The van der Waals surface area contributed by atoms with Crippen molar-refractivity contribution < 1.29 is 14.3 Å². The molecule has 1 aromatic heterocycles. The van der Waals surface area contributed by atoms with Crippen molar-refractivity contribution in [3.63, 3.8) is 0 Å². The molecule has 0 spiro atoms. The second-order valence-electron chi connectivity index (χ2n) is 7.46. The lowest BCUT2D eigenvalue weighted by molar-refractivity contribution is 0.102. The Morgan fingerprint density at radius 3 is 2.34 bits per heavy atom. The van der Waals surface area contributed by atoms with Crippen molar-refractivity contribution in [3.05, 3.63) is 95.7 Å². The number of carbonyl (C=O) groups excluding carboxylic acids is 1. The van der Waals surface area contributed by atoms with Crippen LogP contribution in [0.15, 0.2) is 79.0 Å². The molecule has 0 bridgehead atoms. The SMILES string of the molecule is COc1ccc(NC(=O)c2cn(Cc3ccccc3)nc2-c2ccc(C)cc2)cc1OC. The van der Waals surface area contributed by atoms with Gasteiger partial charge in [0, 0.05) is 23.5 Å². The number of nitrogens with one attached hydrogen (secondary N) is 1. The molecule has 6 nitrogen and oxygen atoms in total. The molecule has 0 saturated heterocycles. The number of hydrogen-bond donors (Lipinski definition) is 1. The van der Waals surface area contributed by atoms with Gasteiger partial charge in [0.1, 0.15) is 5.69 Å². The normalized spacial score (nSPS) is 10.6. The fourth-order valence-corrected chi connectivity index (χ4v) is 3.48. The number of methoxy groups -OCH3 is 2. The number of rotatable bonds is 7. The number of anilines is 1. The third-order valence-electron chi connectivity index (χ3n) is 5.16. The van der Waals surface area contributed by atoms with Gasteiger partial charge in [-0.1, -0.05) is 60.2 Å². The molecule has 1 amide bonds. The summed E-state index contributed by atoms with van der Waals surface area (Å²) in [5.41, 5.74) is 4.89. The molecule has 0 radical (unpaired) electrons. The first-order valence-electron chi connectivity index (χ1n) is 10.3. The van der Waals surface area contributed by atoms with E-state index >= 15 is 0 Å². The first-order chi connectivity index (χ1) is 15.6. The maximum absolute atomic E-state index is 13.3. The van der Waals surface area contributed by atoms with Crippen molar-refractivity contribution in [1.29, 1.82) is 0 Å². The highest BCUT2D eigenvalue weighted by molar-refractivity contribution is 6.08. The minimum Gasteiger partial charge on any atom is -0.493 e. The summed E-state index contributed by atoms with van der Waals surface area (Å²) in [6, 6.07) is 23.3. The number of carbonyl (C=O) groups is 1. The van der Waals surface area contributed by atoms with Gasteiger partial charge in [0.25, 0.3) is 5.91 Å². The van der Waals surface area contributed by atoms with Gasteiger partial charge >= 0.3 is 0 Å². The number of amides is 1. The van der Waals surface area contributed by atoms with Gasteiger partial charge in [-0.3, -0.25) is 9.48 Å². The number of hydrogen-bond acceptors (Lipinski definition) is 4. The molecule has 1 heterocycles. The molecule has 0 aliphatic heterocycles. The van der Waals surface area contributed by atoms with Crippen LogP contribution in [0.25, 0.3) is 11.3 Å². The molecule has 0 aliphatic carbocycles. The van der Waals surface area contributed by atoms with Gasteiger partial charge in [-0.15, -0.1) is 0 Å². The number of aryl methyl sites for hydroxylation is 1. The molecule has 0 fully saturated rings. The fourth-order valence-electron chi connectivity index (χ4n) is 3.48. The van der Waals surface area contributed by atoms with Crippen molar-refractivity contribution in [1.82, 2.24) is 9.78 Å². The van der Waals surface area contributed by atoms with E-state index in [4.69, 9.17) is 14.6 Å². The lowest BCUT2D eigenvalue weighted by atomic mass is 10.1. The summed E-state index contributed by atoms with van der Waals surface area (Å²) in [6.07, 6.45) is 1.79. The average molecular weight is 428 g/mol. The van der Waals surface area contributed by atoms with Crippen molar-refractivity contribution in [3.8, 4) is 22.8 Å². The molecule has 4 aromatic rings. The van der Waals surface area contributed by atoms with Crippen LogP contribution in [-0.4, -0.2) is 29.9 Å². The zero-order valence-corrected chi connectivity index (χ0v) is 18.3. The van der Waals surface area contributed by atoms with E-state index in [0.717, 1.165) is 16.7 Å². The summed E-state index contributed by atoms with van der Waals surface area (Å²) in [6.45, 7) is 2.60. The molecule has 0 aliphatic rings. The van der Waals surface area contributed by atoms with E-state index in [1.165, 1.54) is 0 Å². The smallest absolute Gasteiger partial charge is 0.259 e. The Balaban J connectivity index is 1.67. The van der Waals surface area contributed by atoms with Gasteiger partial charge in [-0.25, -0.2) is 0 Å². The Kier molecular flexibility index (Phi) is 6.22. The summed E-state index contributed by atoms with van der Waals surface area (Å²) in [5.74, 6) is 0.900. The van der Waals surface area contributed by atoms with Gasteiger partial charge in [0.15, 0.2) is 11.5 Å². The largest absolute Gasteiger partial charge is 0.493 e. The summed E-state index contributed by atoms with van der Waals surface area (Å²) in [4.78, 5) is 13.3. The maximum Gasteiger partial charge on any atom is 0.259 e. The topological polar surface area (TPSA) is 65.4 Å². The molecular weight excluding hydrogens is 402 g/mol. The Labute approximate surface area is 187 Å². The van der Waals surface area contributed by atoms with E-state index in [1.54, 1.807) is 43.3 Å². The van der Waals surface area contributed by atoms with Crippen LogP contribution in [0.3, 0.4) is 0 Å². The van der Waals surface area contributed by atoms with Crippen LogP contribution in [0, 0.1) is 6.92 Å². The third-order valence-corrected chi connectivity index (χ3v) is 5.16. The lowest BCUT2D eigenvalue weighted by Gasteiger charge is -2.10. The molecule has 1 N–H and O–H groups in total. The predicted octanol–water partition coefficient (Wildman–Crippen LogP) is 5.18. The Hall–Kier alpha value is -4.06. The van der Waals surface area contributed by atoms with E-state index in [2.05, 4.69) is 5.32 Å². The van der Waals surface area contributed by atoms with Crippen LogP contribution in [-0.2, 0) is 6.54 Å². The number of benzene rings is 3. The van der Waals surface area contributed by atoms with E-state index in [-0.39, 0.29) is 5.91 Å². The summed E-state index contributed by atoms with van der Waals surface area (Å²) >= 11 is 0. The highest BCUT2D eigenvalue weighted by Gasteiger charge is 2.19. The Bertz CT molecular complexity index is 1220. The summed E-state index contributed by atoms with van der Waals surface area (Å²) in [5, 5.41) is 7.70. The van der Waals surface area contributed by atoms with Gasteiger partial charge < -0.3 is 14.8 Å². The predicted molar refractivity (Wildman–Crippen MR) is 125 cm³/mol. The van der Waals surface area contributed by atoms with Crippen molar-refractivity contribution in [2.45, 2.75) is 13.5 Å². The van der Waals surface area contributed by atoms with Crippen LogP contribution in [0.4, 0.5) is 5.69 Å². The third kappa shape index (κ3) is 4.64. The molecule has 0 saturated carbocycles. The zero-order valence-electron chi connectivity index (χ0n) is 18.3. The van der Waals surface area contributed by atoms with Crippen LogP contribution in [0.1, 0.15) is 21.5 Å². The molecule has 6 heteroatoms. The van der Waals surface area contributed by atoms with Crippen LogP contribution in [0.5, 0.6) is 11.5 Å². The van der Waals surface area contributed by atoms with Crippen LogP contribution < -0.4 is 14.8 Å². The number of aromatic nitrogens is 2. The summed E-state index contributed by atoms with van der Waals surface area (Å²) < 4.78 is 12.4. The molecule has 0 atom stereocenters. The lowest BCUT2D eigenvalue weighted by Crippen LogP contribution is -2.12. The van der Waals surface area contributed by atoms with Crippen LogP contribution >= 0.6 is 0 Å². The maximum atomic E-state index is 13.3. The average Bonchev–Trinajstić information content (AvgIpc) is 3.24. The van der Waals surface area contributed by atoms with Gasteiger partial charge in [-0.05, 0) is 24.6 Å². The molecule has 4 rings (SSSR count). The molecule has 32 heavy (non-hydrogen) atoms. The zero-order chi connectivity index (χ0) is 22.5. The Morgan fingerprint density at radius 2 is 1.66 bits per heavy atom. The van der Waals surface area contributed by atoms with Gasteiger partial charge in [0.05, 0.1) is 26.3 Å². The molecular formula is C26H25N3O3. The van der Waals surface area contributed by atoms with Gasteiger partial charge in [-0.2, -0.15) is 5.10 Å². The first-order valence-corrected chi connectivity index (χ1v) is 10.3. The number of nitrogens with zero attached hydrogens (tertiary/aromatic N) is 2. The standard InChI is InChI=1S/C26H25N3O3/c1-18-9-11-20(12-10-18)25-22(17-29(28-25)16-19-7-5-4-6-8-19)26(30)27-21-13-14-23(31-2)24(15-21)32-3/h4-15,17H,16H2,1-3H3,(H,27,30). The minimum atomic E-state index is -0.243. The van der Waals surface area contributed by atoms with Crippen molar-refractivity contribution in [2.75, 3.05) is 19.5 Å². The Morgan fingerprint density at radius 1 is 0.938 bits per heavy atom. The second-order valence-corrected chi connectivity index (χ2v) is 7.46. The summed E-state index contributed by atoms with van der Waals surface area (Å²) in [7, 11) is 3.14. The fraction of sp³-hybridized carbons (Fsp3) is 0.154. The first kappa shape index (κ1) is 21.2. The highest BCUT2D eigenvalue weighted by Crippen LogP contribution is 2.30. The molecule has 0 unspecified atom stereocenters. The molecule has 3 aromatic carbocycles. The second kappa shape index (κ2) is 9.39. The van der Waals surface area contributed by atoms with E-state index in [1.807, 2.05) is 61.5 Å². The minimum absolute atomic E-state index is 0.243. The van der Waals surface area contributed by atoms with Gasteiger partial charge in [0.2, 0.25) is 0 Å². The van der Waals surface area contributed by atoms with E-state index in [0.29, 0.717) is 35.0 Å². The number of ether oxygens (including phenoxy) is 2. The van der Waals surface area contributed by atoms with Crippen molar-refractivity contribution in [2.24, 2.45) is 0 Å². The highest BCUT2D eigenvalue weighted by atomic mass is 16.5. The van der Waals surface area contributed by atoms with Crippen molar-refractivity contribution >= 4 is 11.6 Å². The van der Waals surface area contributed by atoms with E-state index < -0.39 is 0 Å². The molecule has 162 valence electrons. The van der Waals surface area contributed by atoms with Crippen LogP contribution in [0.2, 0.25) is 0 Å². The monoisotopic (exact) mass is 427 g/mol. The quantitative estimate of drug-likeness (QED) is 0.442. The van der Waals surface area contributed by atoms with E-state index in [9.17, 15) is 4.79 Å².